The number of hydrogen-bond acceptors (Lipinski definition) is 1. The highest BCUT2D eigenvalue weighted by atomic mass is 14.9. The summed E-state index contributed by atoms with van der Waals surface area (Å²) in [6.07, 6.45) is 9.05. The van der Waals surface area contributed by atoms with E-state index in [4.69, 9.17) is 0 Å². The molecule has 0 spiro atoms. The van der Waals surface area contributed by atoms with Gasteiger partial charge in [0.1, 0.15) is 5.84 Å². The molecule has 16 heavy (non-hydrogen) atoms. The number of allylic oxidation sites excluding steroid dienone is 3. The SMILES string of the molecule is C=CCC(C=C)C(=N/C=C)/N=C/C(=C)C=C. The summed E-state index contributed by atoms with van der Waals surface area (Å²) < 4.78 is 0. The number of rotatable bonds is 7. The Morgan fingerprint density at radius 1 is 1.19 bits per heavy atom. The Morgan fingerprint density at radius 3 is 2.31 bits per heavy atom. The van der Waals surface area contributed by atoms with E-state index in [0.29, 0.717) is 5.84 Å². The molecule has 2 heteroatoms. The van der Waals surface area contributed by atoms with Crippen molar-refractivity contribution in [2.45, 2.75) is 6.42 Å². The molecule has 2 nitrogen and oxygen atoms in total. The maximum absolute atomic E-state index is 4.24. The van der Waals surface area contributed by atoms with E-state index in [1.807, 2.05) is 6.08 Å². The summed E-state index contributed by atoms with van der Waals surface area (Å²) >= 11 is 0. The van der Waals surface area contributed by atoms with Crippen LogP contribution in [0.3, 0.4) is 0 Å². The molecule has 0 aromatic heterocycles. The summed E-state index contributed by atoms with van der Waals surface area (Å²) in [6, 6.07) is 0. The molecule has 0 N–H and O–H groups in total. The smallest absolute Gasteiger partial charge is 0.135 e. The van der Waals surface area contributed by atoms with Gasteiger partial charge in [-0.3, -0.25) is 0 Å². The van der Waals surface area contributed by atoms with Crippen LogP contribution in [0.5, 0.6) is 0 Å². The van der Waals surface area contributed by atoms with E-state index in [1.165, 1.54) is 6.20 Å². The molecule has 1 unspecified atom stereocenters. The Bertz CT molecular complexity index is 346. The summed E-state index contributed by atoms with van der Waals surface area (Å²) in [6.45, 7) is 18.3. The predicted octanol–water partition coefficient (Wildman–Crippen LogP) is 3.72. The van der Waals surface area contributed by atoms with Crippen LogP contribution in [0, 0.1) is 5.92 Å². The highest BCUT2D eigenvalue weighted by Gasteiger charge is 2.08. The van der Waals surface area contributed by atoms with Gasteiger partial charge < -0.3 is 0 Å². The molecule has 0 aromatic rings. The Morgan fingerprint density at radius 2 is 1.88 bits per heavy atom. The molecule has 84 valence electrons. The molecule has 0 bridgehead atoms. The van der Waals surface area contributed by atoms with Crippen molar-refractivity contribution in [3.8, 4) is 0 Å². The topological polar surface area (TPSA) is 24.7 Å². The van der Waals surface area contributed by atoms with Gasteiger partial charge >= 0.3 is 0 Å². The summed E-state index contributed by atoms with van der Waals surface area (Å²) in [5.41, 5.74) is 0.734. The van der Waals surface area contributed by atoms with E-state index in [1.54, 1.807) is 18.4 Å². The van der Waals surface area contributed by atoms with E-state index < -0.39 is 0 Å². The third-order valence-electron chi connectivity index (χ3n) is 1.89. The van der Waals surface area contributed by atoms with Gasteiger partial charge in [0.15, 0.2) is 0 Å². The second-order valence-corrected chi connectivity index (χ2v) is 3.07. The van der Waals surface area contributed by atoms with Crippen LogP contribution >= 0.6 is 0 Å². The van der Waals surface area contributed by atoms with Crippen LogP contribution in [0.25, 0.3) is 0 Å². The van der Waals surface area contributed by atoms with E-state index in [0.717, 1.165) is 12.0 Å². The number of hydrogen-bond donors (Lipinski definition) is 0. The zero-order valence-corrected chi connectivity index (χ0v) is 9.60. The van der Waals surface area contributed by atoms with Crippen molar-refractivity contribution in [3.05, 3.63) is 62.9 Å². The molecule has 0 rings (SSSR count). The summed E-state index contributed by atoms with van der Waals surface area (Å²) in [5.74, 6) is 0.692. The first kappa shape index (κ1) is 14.0. The summed E-state index contributed by atoms with van der Waals surface area (Å²) in [4.78, 5) is 8.35. The van der Waals surface area contributed by atoms with Crippen LogP contribution in [0.2, 0.25) is 0 Å². The maximum atomic E-state index is 4.24. The second kappa shape index (κ2) is 8.36. The molecular formula is C14H18N2. The molecule has 1 atom stereocenters. The van der Waals surface area contributed by atoms with Gasteiger partial charge in [0.25, 0.3) is 0 Å². The first-order valence-electron chi connectivity index (χ1n) is 4.97. The van der Waals surface area contributed by atoms with Crippen molar-refractivity contribution in [1.29, 1.82) is 0 Å². The van der Waals surface area contributed by atoms with Crippen molar-refractivity contribution >= 4 is 12.1 Å². The molecular weight excluding hydrogens is 196 g/mol. The molecule has 0 radical (unpaired) electrons. The van der Waals surface area contributed by atoms with E-state index in [9.17, 15) is 0 Å². The average molecular weight is 214 g/mol. The van der Waals surface area contributed by atoms with Gasteiger partial charge in [-0.15, -0.1) is 13.2 Å². The first-order chi connectivity index (χ1) is 7.69. The first-order valence-corrected chi connectivity index (χ1v) is 4.97. The quantitative estimate of drug-likeness (QED) is 0.267. The molecule has 0 saturated heterocycles. The molecule has 0 aliphatic rings. The zero-order valence-electron chi connectivity index (χ0n) is 9.60. The standard InChI is InChI=1S/C14H18N2/c1-6-10-13(8-3)14(15-9-4)16-11-12(5)7-2/h6-9,11,13H,1-5,10H2/b15-14-,16-11+. The highest BCUT2D eigenvalue weighted by Crippen LogP contribution is 2.09. The number of nitrogens with zero attached hydrogens (tertiary/aromatic N) is 2. The Balaban J connectivity index is 4.91. The lowest BCUT2D eigenvalue weighted by Gasteiger charge is -2.08. The van der Waals surface area contributed by atoms with Crippen LogP contribution in [-0.4, -0.2) is 12.1 Å². The minimum atomic E-state index is 0.0457. The third-order valence-corrected chi connectivity index (χ3v) is 1.89. The Hall–Kier alpha value is -1.96. The van der Waals surface area contributed by atoms with Crippen molar-refractivity contribution in [3.63, 3.8) is 0 Å². The highest BCUT2D eigenvalue weighted by molar-refractivity contribution is 5.97. The van der Waals surface area contributed by atoms with Crippen molar-refractivity contribution < 1.29 is 0 Å². The van der Waals surface area contributed by atoms with Gasteiger partial charge in [0.2, 0.25) is 0 Å². The van der Waals surface area contributed by atoms with E-state index in [-0.39, 0.29) is 5.92 Å². The Kier molecular flexibility index (Phi) is 7.33. The molecule has 0 aliphatic heterocycles. The molecule has 0 heterocycles. The normalized spacial score (nSPS) is 13.1. The molecule has 0 aromatic carbocycles. The van der Waals surface area contributed by atoms with E-state index in [2.05, 4.69) is 42.9 Å². The van der Waals surface area contributed by atoms with Crippen LogP contribution in [0.15, 0.2) is 72.9 Å². The molecule has 0 fully saturated rings. The summed E-state index contributed by atoms with van der Waals surface area (Å²) in [7, 11) is 0. The molecule has 0 amide bonds. The fraction of sp³-hybridized carbons (Fsp3) is 0.143. The van der Waals surface area contributed by atoms with Gasteiger partial charge in [-0.2, -0.15) is 0 Å². The molecule has 0 saturated carbocycles. The van der Waals surface area contributed by atoms with Crippen LogP contribution in [0.4, 0.5) is 0 Å². The van der Waals surface area contributed by atoms with Crippen LogP contribution in [0.1, 0.15) is 6.42 Å². The fourth-order valence-electron chi connectivity index (χ4n) is 1.01. The number of amidine groups is 1. The largest absolute Gasteiger partial charge is 0.241 e. The van der Waals surface area contributed by atoms with Gasteiger partial charge in [0, 0.05) is 18.3 Å². The monoisotopic (exact) mass is 214 g/mol. The zero-order chi connectivity index (χ0) is 12.4. The summed E-state index contributed by atoms with van der Waals surface area (Å²) in [5, 5.41) is 0. The van der Waals surface area contributed by atoms with Crippen molar-refractivity contribution in [1.82, 2.24) is 0 Å². The fourth-order valence-corrected chi connectivity index (χ4v) is 1.01. The van der Waals surface area contributed by atoms with Crippen molar-refractivity contribution in [2.75, 3.05) is 0 Å². The van der Waals surface area contributed by atoms with Gasteiger partial charge in [-0.25, -0.2) is 9.98 Å². The van der Waals surface area contributed by atoms with Gasteiger partial charge in [-0.05, 0) is 12.0 Å². The Labute approximate surface area is 97.8 Å². The average Bonchev–Trinajstić information content (AvgIpc) is 2.31. The lowest BCUT2D eigenvalue weighted by atomic mass is 10.0. The van der Waals surface area contributed by atoms with Gasteiger partial charge in [-0.1, -0.05) is 38.0 Å². The minimum absolute atomic E-state index is 0.0457. The van der Waals surface area contributed by atoms with Gasteiger partial charge in [0.05, 0.1) is 0 Å². The maximum Gasteiger partial charge on any atom is 0.135 e. The lowest BCUT2D eigenvalue weighted by molar-refractivity contribution is 0.874. The molecule has 0 aliphatic carbocycles. The van der Waals surface area contributed by atoms with Crippen LogP contribution in [-0.2, 0) is 0 Å². The lowest BCUT2D eigenvalue weighted by Crippen LogP contribution is -2.09. The number of aliphatic imine (C=N–C) groups is 2. The predicted molar refractivity (Wildman–Crippen MR) is 74.0 cm³/mol. The third kappa shape index (κ3) is 5.05. The van der Waals surface area contributed by atoms with E-state index >= 15 is 0 Å². The van der Waals surface area contributed by atoms with Crippen molar-refractivity contribution in [2.24, 2.45) is 15.9 Å². The second-order valence-electron chi connectivity index (χ2n) is 3.07. The van der Waals surface area contributed by atoms with Crippen LogP contribution < -0.4 is 0 Å². The minimum Gasteiger partial charge on any atom is -0.241 e.